The van der Waals surface area contributed by atoms with Crippen LogP contribution in [0.25, 0.3) is 0 Å². The molecule has 0 amide bonds. The van der Waals surface area contributed by atoms with Gasteiger partial charge in [0.05, 0.1) is 38.8 Å². The van der Waals surface area contributed by atoms with Gasteiger partial charge in [-0.2, -0.15) is 0 Å². The maximum Gasteiger partial charge on any atom is 0.309 e. The SMILES string of the molecule is CCOC(=O)C1CC[NH+](CCCOc2ccc(Br)cc2)CC1. The van der Waals surface area contributed by atoms with Crippen molar-refractivity contribution in [3.63, 3.8) is 0 Å². The molecule has 1 fully saturated rings. The summed E-state index contributed by atoms with van der Waals surface area (Å²) in [5, 5.41) is 0. The van der Waals surface area contributed by atoms with Crippen molar-refractivity contribution < 1.29 is 19.2 Å². The summed E-state index contributed by atoms with van der Waals surface area (Å²) in [6.45, 7) is 6.31. The molecule has 0 radical (unpaired) electrons. The van der Waals surface area contributed by atoms with Gasteiger partial charge in [-0.05, 0) is 31.2 Å². The van der Waals surface area contributed by atoms with Crippen molar-refractivity contribution >= 4 is 21.9 Å². The van der Waals surface area contributed by atoms with Crippen LogP contribution < -0.4 is 9.64 Å². The van der Waals surface area contributed by atoms with Crippen molar-refractivity contribution in [2.75, 3.05) is 32.8 Å². The molecule has 1 aromatic carbocycles. The monoisotopic (exact) mass is 370 g/mol. The lowest BCUT2D eigenvalue weighted by Crippen LogP contribution is -3.13. The molecule has 0 aliphatic carbocycles. The zero-order chi connectivity index (χ0) is 15.8. The maximum absolute atomic E-state index is 11.7. The Kier molecular flexibility index (Phi) is 7.19. The Morgan fingerprint density at radius 2 is 1.95 bits per heavy atom. The number of likely N-dealkylation sites (tertiary alicyclic amines) is 1. The molecule has 1 aromatic rings. The Hall–Kier alpha value is -1.07. The summed E-state index contributed by atoms with van der Waals surface area (Å²) in [6, 6.07) is 7.92. The van der Waals surface area contributed by atoms with Gasteiger partial charge in [-0.3, -0.25) is 4.79 Å². The van der Waals surface area contributed by atoms with E-state index in [0.29, 0.717) is 6.61 Å². The summed E-state index contributed by atoms with van der Waals surface area (Å²) in [6.07, 6.45) is 2.93. The molecule has 1 N–H and O–H groups in total. The van der Waals surface area contributed by atoms with Crippen LogP contribution in [0.1, 0.15) is 26.2 Å². The summed E-state index contributed by atoms with van der Waals surface area (Å²) in [5.74, 6) is 1.02. The van der Waals surface area contributed by atoms with Gasteiger partial charge >= 0.3 is 5.97 Å². The first kappa shape index (κ1) is 17.3. The number of rotatable bonds is 7. The van der Waals surface area contributed by atoms with Crippen LogP contribution in [-0.2, 0) is 9.53 Å². The van der Waals surface area contributed by atoms with Gasteiger partial charge in [-0.25, -0.2) is 0 Å². The normalized spacial score (nSPS) is 21.4. The molecule has 5 heteroatoms. The van der Waals surface area contributed by atoms with Crippen LogP contribution in [0.15, 0.2) is 28.7 Å². The topological polar surface area (TPSA) is 40.0 Å². The highest BCUT2D eigenvalue weighted by atomic mass is 79.9. The van der Waals surface area contributed by atoms with Gasteiger partial charge < -0.3 is 14.4 Å². The lowest BCUT2D eigenvalue weighted by Gasteiger charge is -2.28. The number of hydrogen-bond donors (Lipinski definition) is 1. The molecular weight excluding hydrogens is 346 g/mol. The second-order valence-corrected chi connectivity index (χ2v) is 6.60. The van der Waals surface area contributed by atoms with Crippen LogP contribution in [-0.4, -0.2) is 38.8 Å². The van der Waals surface area contributed by atoms with E-state index in [9.17, 15) is 4.79 Å². The second-order valence-electron chi connectivity index (χ2n) is 5.68. The van der Waals surface area contributed by atoms with Crippen molar-refractivity contribution in [2.45, 2.75) is 26.2 Å². The second kappa shape index (κ2) is 9.16. The highest BCUT2D eigenvalue weighted by Gasteiger charge is 2.27. The van der Waals surface area contributed by atoms with Crippen LogP contribution in [0.5, 0.6) is 5.75 Å². The third kappa shape index (κ3) is 5.61. The lowest BCUT2D eigenvalue weighted by molar-refractivity contribution is -0.906. The fraction of sp³-hybridized carbons (Fsp3) is 0.588. The number of ether oxygens (including phenoxy) is 2. The van der Waals surface area contributed by atoms with E-state index in [1.54, 1.807) is 4.90 Å². The molecule has 1 saturated heterocycles. The first-order valence-corrected chi connectivity index (χ1v) is 8.87. The van der Waals surface area contributed by atoms with Gasteiger partial charge in [0.2, 0.25) is 0 Å². The van der Waals surface area contributed by atoms with Gasteiger partial charge in [0.25, 0.3) is 0 Å². The molecule has 0 unspecified atom stereocenters. The number of halogens is 1. The molecular formula is C17H25BrNO3+. The molecule has 0 bridgehead atoms. The molecule has 1 aliphatic heterocycles. The van der Waals surface area contributed by atoms with Crippen molar-refractivity contribution in [3.8, 4) is 5.75 Å². The number of carbonyl (C=O) groups excluding carboxylic acids is 1. The largest absolute Gasteiger partial charge is 0.493 e. The summed E-state index contributed by atoms with van der Waals surface area (Å²) < 4.78 is 11.9. The van der Waals surface area contributed by atoms with Crippen molar-refractivity contribution in [3.05, 3.63) is 28.7 Å². The van der Waals surface area contributed by atoms with E-state index in [1.165, 1.54) is 0 Å². The number of quaternary nitrogens is 1. The third-order valence-electron chi connectivity index (χ3n) is 4.07. The van der Waals surface area contributed by atoms with Crippen molar-refractivity contribution in [1.82, 2.24) is 0 Å². The molecule has 0 saturated carbocycles. The maximum atomic E-state index is 11.7. The van der Waals surface area contributed by atoms with Crippen LogP contribution in [0.2, 0.25) is 0 Å². The molecule has 1 heterocycles. The number of piperidine rings is 1. The van der Waals surface area contributed by atoms with Gasteiger partial charge in [0.15, 0.2) is 0 Å². The Morgan fingerprint density at radius 1 is 1.27 bits per heavy atom. The zero-order valence-electron chi connectivity index (χ0n) is 13.1. The quantitative estimate of drug-likeness (QED) is 0.589. The number of benzene rings is 1. The molecule has 2 rings (SSSR count). The predicted molar refractivity (Wildman–Crippen MR) is 89.2 cm³/mol. The van der Waals surface area contributed by atoms with Gasteiger partial charge in [0.1, 0.15) is 5.75 Å². The molecule has 4 nitrogen and oxygen atoms in total. The lowest BCUT2D eigenvalue weighted by atomic mass is 9.97. The van der Waals surface area contributed by atoms with E-state index in [2.05, 4.69) is 15.9 Å². The van der Waals surface area contributed by atoms with E-state index in [0.717, 1.165) is 55.7 Å². The summed E-state index contributed by atoms with van der Waals surface area (Å²) in [7, 11) is 0. The molecule has 1 aliphatic rings. The smallest absolute Gasteiger partial charge is 0.309 e. The first-order chi connectivity index (χ1) is 10.7. The van der Waals surface area contributed by atoms with E-state index in [1.807, 2.05) is 31.2 Å². The predicted octanol–water partition coefficient (Wildman–Crippen LogP) is 2.08. The first-order valence-electron chi connectivity index (χ1n) is 8.07. The summed E-state index contributed by atoms with van der Waals surface area (Å²) in [5.41, 5.74) is 0. The highest BCUT2D eigenvalue weighted by Crippen LogP contribution is 2.16. The van der Waals surface area contributed by atoms with E-state index >= 15 is 0 Å². The van der Waals surface area contributed by atoms with E-state index in [-0.39, 0.29) is 11.9 Å². The summed E-state index contributed by atoms with van der Waals surface area (Å²) in [4.78, 5) is 13.3. The fourth-order valence-electron chi connectivity index (χ4n) is 2.81. The van der Waals surface area contributed by atoms with Crippen LogP contribution in [0, 0.1) is 5.92 Å². The van der Waals surface area contributed by atoms with Crippen LogP contribution in [0.3, 0.4) is 0 Å². The summed E-state index contributed by atoms with van der Waals surface area (Å²) >= 11 is 3.41. The number of hydrogen-bond acceptors (Lipinski definition) is 3. The molecule has 0 spiro atoms. The van der Waals surface area contributed by atoms with Gasteiger partial charge in [-0.1, -0.05) is 15.9 Å². The molecule has 0 aromatic heterocycles. The minimum Gasteiger partial charge on any atom is -0.493 e. The average Bonchev–Trinajstić information content (AvgIpc) is 2.54. The van der Waals surface area contributed by atoms with Crippen molar-refractivity contribution in [2.24, 2.45) is 5.92 Å². The van der Waals surface area contributed by atoms with Crippen molar-refractivity contribution in [1.29, 1.82) is 0 Å². The van der Waals surface area contributed by atoms with Gasteiger partial charge in [-0.15, -0.1) is 0 Å². The number of nitrogens with one attached hydrogen (secondary N) is 1. The number of esters is 1. The molecule has 0 atom stereocenters. The van der Waals surface area contributed by atoms with E-state index in [4.69, 9.17) is 9.47 Å². The zero-order valence-corrected chi connectivity index (χ0v) is 14.7. The minimum absolute atomic E-state index is 0.0138. The third-order valence-corrected chi connectivity index (χ3v) is 4.60. The molecule has 122 valence electrons. The average molecular weight is 371 g/mol. The molecule has 22 heavy (non-hydrogen) atoms. The highest BCUT2D eigenvalue weighted by molar-refractivity contribution is 9.10. The minimum atomic E-state index is -0.0138. The van der Waals surface area contributed by atoms with Crippen LogP contribution in [0.4, 0.5) is 0 Å². The Bertz CT molecular complexity index is 455. The Balaban J connectivity index is 1.59. The van der Waals surface area contributed by atoms with Crippen LogP contribution >= 0.6 is 15.9 Å². The Labute approximate surface area is 140 Å². The van der Waals surface area contributed by atoms with E-state index < -0.39 is 0 Å². The number of carbonyl (C=O) groups is 1. The fourth-order valence-corrected chi connectivity index (χ4v) is 3.08. The standard InChI is InChI=1S/C17H24BrNO3/c1-2-21-17(20)14-8-11-19(12-9-14)10-3-13-22-16-6-4-15(18)5-7-16/h4-7,14H,2-3,8-13H2,1H3/p+1. The van der Waals surface area contributed by atoms with Gasteiger partial charge in [0, 0.05) is 23.7 Å². The Morgan fingerprint density at radius 3 is 2.59 bits per heavy atom.